The summed E-state index contributed by atoms with van der Waals surface area (Å²) in [5.74, 6) is 0. The van der Waals surface area contributed by atoms with E-state index in [4.69, 9.17) is 0 Å². The molecule has 2 rings (SSSR count). The Balaban J connectivity index is 2.88. The van der Waals surface area contributed by atoms with E-state index in [0.717, 1.165) is 0 Å². The Morgan fingerprint density at radius 3 is 3.00 bits per heavy atom. The van der Waals surface area contributed by atoms with Crippen LogP contribution in [0, 0.1) is 17.0 Å². The third-order valence-electron chi connectivity index (χ3n) is 1.86. The summed E-state index contributed by atoms with van der Waals surface area (Å²) in [6, 6.07) is 3.52. The quantitative estimate of drug-likeness (QED) is 0.517. The third-order valence-corrected chi connectivity index (χ3v) is 2.71. The Bertz CT molecular complexity index is 478. The lowest BCUT2D eigenvalue weighted by Crippen LogP contribution is -1.91. The smallest absolute Gasteiger partial charge is 0.258 e. The minimum absolute atomic E-state index is 0.181. The molecule has 4 nitrogen and oxygen atoms in total. The van der Waals surface area contributed by atoms with Gasteiger partial charge in [-0.2, -0.15) is 0 Å². The second kappa shape index (κ2) is 2.77. The third kappa shape index (κ3) is 1.17. The van der Waals surface area contributed by atoms with Crippen molar-refractivity contribution in [1.29, 1.82) is 0 Å². The Morgan fingerprint density at radius 1 is 1.54 bits per heavy atom. The maximum absolute atomic E-state index is 10.7. The molecule has 1 aromatic carbocycles. The zero-order valence-electron chi connectivity index (χ0n) is 6.85. The Labute approximate surface area is 78.0 Å². The molecule has 66 valence electrons. The molecule has 0 amide bonds. The van der Waals surface area contributed by atoms with E-state index in [0.29, 0.717) is 15.8 Å². The fourth-order valence-electron chi connectivity index (χ4n) is 1.24. The molecule has 0 saturated heterocycles. The molecule has 0 aliphatic rings. The van der Waals surface area contributed by atoms with Crippen LogP contribution in [-0.2, 0) is 0 Å². The molecule has 1 aromatic heterocycles. The fraction of sp³-hybridized carbons (Fsp3) is 0.125. The first-order chi connectivity index (χ1) is 6.20. The van der Waals surface area contributed by atoms with Gasteiger partial charge in [0.2, 0.25) is 0 Å². The van der Waals surface area contributed by atoms with Gasteiger partial charge in [0.05, 0.1) is 16.0 Å². The first kappa shape index (κ1) is 8.12. The van der Waals surface area contributed by atoms with E-state index in [1.165, 1.54) is 11.3 Å². The van der Waals surface area contributed by atoms with E-state index in [1.807, 2.05) is 0 Å². The van der Waals surface area contributed by atoms with Crippen molar-refractivity contribution in [2.24, 2.45) is 0 Å². The van der Waals surface area contributed by atoms with E-state index in [-0.39, 0.29) is 10.6 Å². The van der Waals surface area contributed by atoms with Crippen LogP contribution in [0.15, 0.2) is 17.6 Å². The predicted octanol–water partition coefficient (Wildman–Crippen LogP) is 2.51. The summed E-state index contributed by atoms with van der Waals surface area (Å²) in [6.07, 6.45) is 0. The van der Waals surface area contributed by atoms with Gasteiger partial charge in [-0.15, -0.1) is 11.3 Å². The van der Waals surface area contributed by atoms with Crippen LogP contribution < -0.4 is 0 Å². The molecule has 0 aliphatic carbocycles. The molecule has 0 spiro atoms. The molecule has 5 heteroatoms. The number of hydrogen-bond acceptors (Lipinski definition) is 4. The Hall–Kier alpha value is -1.49. The lowest BCUT2D eigenvalue weighted by Gasteiger charge is -1.96. The predicted molar refractivity (Wildman–Crippen MR) is 51.0 cm³/mol. The van der Waals surface area contributed by atoms with E-state index in [1.54, 1.807) is 24.6 Å². The number of nitro benzene ring substituents is 1. The van der Waals surface area contributed by atoms with Gasteiger partial charge in [-0.05, 0) is 13.0 Å². The van der Waals surface area contributed by atoms with Crippen LogP contribution in [0.4, 0.5) is 5.69 Å². The average molecular weight is 194 g/mol. The molecule has 0 atom stereocenters. The minimum atomic E-state index is -0.351. The molecule has 0 unspecified atom stereocenters. The summed E-state index contributed by atoms with van der Waals surface area (Å²) in [4.78, 5) is 14.4. The topological polar surface area (TPSA) is 56.0 Å². The number of aromatic nitrogens is 1. The second-order valence-corrected chi connectivity index (χ2v) is 3.54. The highest BCUT2D eigenvalue weighted by Crippen LogP contribution is 2.31. The standard InChI is InChI=1S/C8H6N2O2S/c1-5-2-3-6-8(13-4-9-6)7(5)10(11)12/h2-4H,1H3. The maximum Gasteiger partial charge on any atom is 0.291 e. The van der Waals surface area contributed by atoms with Crippen LogP contribution in [0.1, 0.15) is 5.56 Å². The Kier molecular flexibility index (Phi) is 1.73. The summed E-state index contributed by atoms with van der Waals surface area (Å²) >= 11 is 1.30. The lowest BCUT2D eigenvalue weighted by molar-refractivity contribution is -0.383. The number of rotatable bonds is 1. The maximum atomic E-state index is 10.7. The monoisotopic (exact) mass is 194 g/mol. The molecular formula is C8H6N2O2S. The van der Waals surface area contributed by atoms with Crippen molar-refractivity contribution in [3.63, 3.8) is 0 Å². The normalized spacial score (nSPS) is 10.5. The van der Waals surface area contributed by atoms with E-state index < -0.39 is 0 Å². The molecule has 0 N–H and O–H groups in total. The van der Waals surface area contributed by atoms with Gasteiger partial charge in [0.1, 0.15) is 4.70 Å². The van der Waals surface area contributed by atoms with Crippen molar-refractivity contribution < 1.29 is 4.92 Å². The van der Waals surface area contributed by atoms with Crippen molar-refractivity contribution in [2.75, 3.05) is 0 Å². The largest absolute Gasteiger partial charge is 0.291 e. The number of thiazole rings is 1. The number of nitro groups is 1. The van der Waals surface area contributed by atoms with Crippen molar-refractivity contribution in [1.82, 2.24) is 4.98 Å². The molecule has 13 heavy (non-hydrogen) atoms. The molecule has 0 saturated carbocycles. The fourth-order valence-corrected chi connectivity index (χ4v) is 2.10. The van der Waals surface area contributed by atoms with Gasteiger partial charge in [0.15, 0.2) is 0 Å². The van der Waals surface area contributed by atoms with Crippen LogP contribution in [0.25, 0.3) is 10.2 Å². The molecule has 2 aromatic rings. The highest BCUT2D eigenvalue weighted by atomic mass is 32.1. The van der Waals surface area contributed by atoms with E-state index in [2.05, 4.69) is 4.98 Å². The van der Waals surface area contributed by atoms with Crippen LogP contribution in [-0.4, -0.2) is 9.91 Å². The van der Waals surface area contributed by atoms with E-state index in [9.17, 15) is 10.1 Å². The van der Waals surface area contributed by atoms with Crippen molar-refractivity contribution in [3.8, 4) is 0 Å². The second-order valence-electron chi connectivity index (χ2n) is 2.69. The molecule has 0 bridgehead atoms. The lowest BCUT2D eigenvalue weighted by atomic mass is 10.2. The summed E-state index contributed by atoms with van der Waals surface area (Å²) in [6.45, 7) is 1.73. The Morgan fingerprint density at radius 2 is 2.31 bits per heavy atom. The van der Waals surface area contributed by atoms with Gasteiger partial charge in [-0.3, -0.25) is 10.1 Å². The zero-order valence-corrected chi connectivity index (χ0v) is 7.67. The van der Waals surface area contributed by atoms with Gasteiger partial charge < -0.3 is 0 Å². The number of nitrogens with zero attached hydrogens (tertiary/aromatic N) is 2. The van der Waals surface area contributed by atoms with E-state index >= 15 is 0 Å². The van der Waals surface area contributed by atoms with Crippen LogP contribution >= 0.6 is 11.3 Å². The number of aryl methyl sites for hydroxylation is 1. The molecule has 0 radical (unpaired) electrons. The summed E-state index contributed by atoms with van der Waals surface area (Å²) in [7, 11) is 0. The van der Waals surface area contributed by atoms with Crippen molar-refractivity contribution in [2.45, 2.75) is 6.92 Å². The number of benzene rings is 1. The number of fused-ring (bicyclic) bond motifs is 1. The highest BCUT2D eigenvalue weighted by molar-refractivity contribution is 7.17. The SMILES string of the molecule is Cc1ccc2ncsc2c1[N+](=O)[O-]. The van der Waals surface area contributed by atoms with Crippen LogP contribution in [0.2, 0.25) is 0 Å². The average Bonchev–Trinajstić information content (AvgIpc) is 2.50. The first-order valence-corrected chi connectivity index (χ1v) is 4.55. The van der Waals surface area contributed by atoms with Crippen molar-refractivity contribution >= 4 is 27.2 Å². The summed E-state index contributed by atoms with van der Waals surface area (Å²) in [5.41, 5.74) is 3.18. The van der Waals surface area contributed by atoms with Crippen molar-refractivity contribution in [3.05, 3.63) is 33.3 Å². The molecule has 0 aliphatic heterocycles. The summed E-state index contributed by atoms with van der Waals surface area (Å²) < 4.78 is 0.657. The molecular weight excluding hydrogens is 188 g/mol. The molecule has 1 heterocycles. The van der Waals surface area contributed by atoms with Gasteiger partial charge in [-0.1, -0.05) is 6.07 Å². The van der Waals surface area contributed by atoms with Gasteiger partial charge >= 0.3 is 0 Å². The molecule has 0 fully saturated rings. The van der Waals surface area contributed by atoms with Crippen LogP contribution in [0.5, 0.6) is 0 Å². The van der Waals surface area contributed by atoms with Gasteiger partial charge in [-0.25, -0.2) is 4.98 Å². The van der Waals surface area contributed by atoms with Gasteiger partial charge in [0, 0.05) is 5.56 Å². The van der Waals surface area contributed by atoms with Crippen LogP contribution in [0.3, 0.4) is 0 Å². The summed E-state index contributed by atoms with van der Waals surface area (Å²) in [5, 5.41) is 10.7. The number of hydrogen-bond donors (Lipinski definition) is 0. The highest BCUT2D eigenvalue weighted by Gasteiger charge is 2.16. The zero-order chi connectivity index (χ0) is 9.42. The first-order valence-electron chi connectivity index (χ1n) is 3.67. The van der Waals surface area contributed by atoms with Gasteiger partial charge in [0.25, 0.3) is 5.69 Å². The minimum Gasteiger partial charge on any atom is -0.258 e.